The molecular weight excluding hydrogens is 192 g/mol. The summed E-state index contributed by atoms with van der Waals surface area (Å²) in [6, 6.07) is 0. The van der Waals surface area contributed by atoms with Crippen LogP contribution in [0.4, 0.5) is 0 Å². The molecule has 0 atom stereocenters. The second kappa shape index (κ2) is 5.18. The highest BCUT2D eigenvalue weighted by atomic mass is 32.2. The molecule has 1 amide bonds. The molecule has 0 saturated heterocycles. The van der Waals surface area contributed by atoms with Gasteiger partial charge >= 0.3 is 10.2 Å². The highest BCUT2D eigenvalue weighted by Gasteiger charge is 2.19. The molecule has 0 fully saturated rings. The van der Waals surface area contributed by atoms with E-state index in [1.807, 2.05) is 4.72 Å². The van der Waals surface area contributed by atoms with Crippen LogP contribution in [0.15, 0.2) is 0 Å². The van der Waals surface area contributed by atoms with Crippen LogP contribution in [0.25, 0.3) is 0 Å². The molecule has 78 valence electrons. The van der Waals surface area contributed by atoms with Gasteiger partial charge < -0.3 is 0 Å². The SMILES string of the molecule is CCC(=O)NS(=O)(=O)N(CC)CC. The number of hydrogen-bond acceptors (Lipinski definition) is 3. The first-order valence-electron chi connectivity index (χ1n) is 4.28. The Hall–Kier alpha value is -0.620. The van der Waals surface area contributed by atoms with Crippen molar-refractivity contribution in [2.75, 3.05) is 13.1 Å². The Morgan fingerprint density at radius 3 is 2.00 bits per heavy atom. The van der Waals surface area contributed by atoms with Crippen molar-refractivity contribution in [2.24, 2.45) is 0 Å². The lowest BCUT2D eigenvalue weighted by Crippen LogP contribution is -2.43. The first-order chi connectivity index (χ1) is 5.97. The minimum Gasteiger partial charge on any atom is -0.274 e. The van der Waals surface area contributed by atoms with Crippen molar-refractivity contribution in [1.29, 1.82) is 0 Å². The summed E-state index contributed by atoms with van der Waals surface area (Å²) >= 11 is 0. The van der Waals surface area contributed by atoms with E-state index in [-0.39, 0.29) is 6.42 Å². The van der Waals surface area contributed by atoms with Crippen molar-refractivity contribution in [3.8, 4) is 0 Å². The second-order valence-electron chi connectivity index (χ2n) is 2.47. The van der Waals surface area contributed by atoms with Gasteiger partial charge in [-0.1, -0.05) is 20.8 Å². The molecule has 0 unspecified atom stereocenters. The van der Waals surface area contributed by atoms with Crippen LogP contribution in [-0.2, 0) is 15.0 Å². The van der Waals surface area contributed by atoms with Crippen molar-refractivity contribution >= 4 is 16.1 Å². The van der Waals surface area contributed by atoms with Crippen LogP contribution in [0.1, 0.15) is 27.2 Å². The average molecular weight is 208 g/mol. The number of carbonyl (C=O) groups excluding carboxylic acids is 1. The maximum Gasteiger partial charge on any atom is 0.303 e. The average Bonchev–Trinajstić information content (AvgIpc) is 2.05. The zero-order valence-electron chi connectivity index (χ0n) is 8.20. The number of hydrogen-bond donors (Lipinski definition) is 1. The third-order valence-corrected chi connectivity index (χ3v) is 3.29. The number of nitrogens with one attached hydrogen (secondary N) is 1. The lowest BCUT2D eigenvalue weighted by atomic mass is 10.5. The summed E-state index contributed by atoms with van der Waals surface area (Å²) in [6.07, 6.45) is 0.167. The Morgan fingerprint density at radius 1 is 1.23 bits per heavy atom. The van der Waals surface area contributed by atoms with E-state index >= 15 is 0 Å². The fraction of sp³-hybridized carbons (Fsp3) is 0.857. The molecule has 13 heavy (non-hydrogen) atoms. The number of rotatable bonds is 5. The molecule has 0 bridgehead atoms. The zero-order chi connectivity index (χ0) is 10.5. The Bertz CT molecular complexity index is 257. The monoisotopic (exact) mass is 208 g/mol. The third kappa shape index (κ3) is 3.73. The maximum absolute atomic E-state index is 11.4. The molecule has 0 aromatic heterocycles. The molecule has 0 aliphatic heterocycles. The Balaban J connectivity index is 4.47. The van der Waals surface area contributed by atoms with Crippen molar-refractivity contribution < 1.29 is 13.2 Å². The normalized spacial score (nSPS) is 11.7. The summed E-state index contributed by atoms with van der Waals surface area (Å²) in [4.78, 5) is 10.8. The van der Waals surface area contributed by atoms with Crippen LogP contribution in [0.5, 0.6) is 0 Å². The molecule has 6 heteroatoms. The quantitative estimate of drug-likeness (QED) is 0.696. The molecule has 0 heterocycles. The molecule has 1 N–H and O–H groups in total. The zero-order valence-corrected chi connectivity index (χ0v) is 9.02. The number of nitrogens with zero attached hydrogens (tertiary/aromatic N) is 1. The standard InChI is InChI=1S/C7H16N2O3S/c1-4-7(10)8-13(11,12)9(5-2)6-3/h4-6H2,1-3H3,(H,8,10). The van der Waals surface area contributed by atoms with E-state index in [2.05, 4.69) is 0 Å². The lowest BCUT2D eigenvalue weighted by Gasteiger charge is -2.18. The topological polar surface area (TPSA) is 66.5 Å². The van der Waals surface area contributed by atoms with Crippen LogP contribution >= 0.6 is 0 Å². The highest BCUT2D eigenvalue weighted by Crippen LogP contribution is 1.96. The highest BCUT2D eigenvalue weighted by molar-refractivity contribution is 7.87. The summed E-state index contributed by atoms with van der Waals surface area (Å²) in [7, 11) is -3.60. The summed E-state index contributed by atoms with van der Waals surface area (Å²) in [5.74, 6) is -0.480. The van der Waals surface area contributed by atoms with E-state index in [0.29, 0.717) is 13.1 Å². The van der Waals surface area contributed by atoms with E-state index in [4.69, 9.17) is 0 Å². The third-order valence-electron chi connectivity index (χ3n) is 1.61. The smallest absolute Gasteiger partial charge is 0.274 e. The fourth-order valence-corrected chi connectivity index (χ4v) is 2.09. The first-order valence-corrected chi connectivity index (χ1v) is 5.72. The van der Waals surface area contributed by atoms with Crippen LogP contribution in [0.2, 0.25) is 0 Å². The molecule has 0 aromatic carbocycles. The minimum atomic E-state index is -3.60. The van der Waals surface area contributed by atoms with Crippen molar-refractivity contribution in [2.45, 2.75) is 27.2 Å². The molecule has 0 rings (SSSR count). The summed E-state index contributed by atoms with van der Waals surface area (Å²) in [5.41, 5.74) is 0. The summed E-state index contributed by atoms with van der Waals surface area (Å²) < 4.78 is 25.9. The largest absolute Gasteiger partial charge is 0.303 e. The van der Waals surface area contributed by atoms with Crippen molar-refractivity contribution in [3.63, 3.8) is 0 Å². The minimum absolute atomic E-state index is 0.167. The molecule has 0 aliphatic rings. The van der Waals surface area contributed by atoms with Gasteiger partial charge in [0.1, 0.15) is 0 Å². The van der Waals surface area contributed by atoms with Gasteiger partial charge in [-0.3, -0.25) is 4.79 Å². The van der Waals surface area contributed by atoms with E-state index in [1.54, 1.807) is 20.8 Å². The summed E-state index contributed by atoms with van der Waals surface area (Å²) in [6.45, 7) is 5.77. The predicted molar refractivity (Wildman–Crippen MR) is 50.3 cm³/mol. The van der Waals surface area contributed by atoms with E-state index in [0.717, 1.165) is 0 Å². The van der Waals surface area contributed by atoms with Crippen molar-refractivity contribution in [3.05, 3.63) is 0 Å². The fourth-order valence-electron chi connectivity index (χ4n) is 0.844. The van der Waals surface area contributed by atoms with E-state index in [9.17, 15) is 13.2 Å². The van der Waals surface area contributed by atoms with Gasteiger partial charge in [-0.15, -0.1) is 0 Å². The van der Waals surface area contributed by atoms with Gasteiger partial charge in [-0.2, -0.15) is 12.7 Å². The molecule has 0 aromatic rings. The van der Waals surface area contributed by atoms with Crippen LogP contribution in [-0.4, -0.2) is 31.7 Å². The second-order valence-corrected chi connectivity index (χ2v) is 4.14. The van der Waals surface area contributed by atoms with Crippen molar-refractivity contribution in [1.82, 2.24) is 9.03 Å². The molecule has 0 saturated carbocycles. The molecule has 5 nitrogen and oxygen atoms in total. The number of amides is 1. The maximum atomic E-state index is 11.4. The number of carbonyl (C=O) groups is 1. The van der Waals surface area contributed by atoms with Gasteiger partial charge in [0.25, 0.3) is 0 Å². The van der Waals surface area contributed by atoms with Crippen LogP contribution < -0.4 is 4.72 Å². The van der Waals surface area contributed by atoms with Gasteiger partial charge in [0.05, 0.1) is 0 Å². The van der Waals surface area contributed by atoms with Gasteiger partial charge in [-0.25, -0.2) is 4.72 Å². The van der Waals surface area contributed by atoms with Crippen LogP contribution in [0, 0.1) is 0 Å². The summed E-state index contributed by atoms with van der Waals surface area (Å²) in [5, 5.41) is 0. The van der Waals surface area contributed by atoms with Gasteiger partial charge in [0.15, 0.2) is 0 Å². The molecule has 0 radical (unpaired) electrons. The van der Waals surface area contributed by atoms with Crippen LogP contribution in [0.3, 0.4) is 0 Å². The Morgan fingerprint density at radius 2 is 1.69 bits per heavy atom. The molecular formula is C7H16N2O3S. The lowest BCUT2D eigenvalue weighted by molar-refractivity contribution is -0.119. The van der Waals surface area contributed by atoms with Gasteiger partial charge in [0, 0.05) is 19.5 Å². The van der Waals surface area contributed by atoms with Gasteiger partial charge in [0.2, 0.25) is 5.91 Å². The predicted octanol–water partition coefficient (Wildman–Crippen LogP) is 0.0992. The Labute approximate surface area is 79.3 Å². The van der Waals surface area contributed by atoms with E-state index < -0.39 is 16.1 Å². The molecule has 0 aliphatic carbocycles. The first kappa shape index (κ1) is 12.4. The Kier molecular flexibility index (Phi) is 4.94. The van der Waals surface area contributed by atoms with Gasteiger partial charge in [-0.05, 0) is 0 Å². The van der Waals surface area contributed by atoms with E-state index in [1.165, 1.54) is 4.31 Å². The molecule has 0 spiro atoms.